The molecule has 0 aliphatic heterocycles. The van der Waals surface area contributed by atoms with Crippen LogP contribution in [0.3, 0.4) is 0 Å². The number of carboxylic acid groups (broad SMARTS) is 2. The van der Waals surface area contributed by atoms with Crippen molar-refractivity contribution in [2.24, 2.45) is 0 Å². The molecule has 5 heteroatoms. The minimum atomic E-state index is -1.29. The highest BCUT2D eigenvalue weighted by Crippen LogP contribution is 2.23. The zero-order valence-electron chi connectivity index (χ0n) is 8.27. The first-order valence-electron chi connectivity index (χ1n) is 4.12. The average molecular weight is 210 g/mol. The van der Waals surface area contributed by atoms with Crippen LogP contribution in [-0.4, -0.2) is 29.3 Å². The molecule has 15 heavy (non-hydrogen) atoms. The zero-order chi connectivity index (χ0) is 11.6. The molecule has 0 aliphatic rings. The fourth-order valence-electron chi connectivity index (χ4n) is 1.26. The molecule has 0 aliphatic carbocycles. The number of methoxy groups -OCH3 is 1. The van der Waals surface area contributed by atoms with E-state index in [-0.39, 0.29) is 11.1 Å². The summed E-state index contributed by atoms with van der Waals surface area (Å²) in [6, 6.07) is 2.49. The van der Waals surface area contributed by atoms with Crippen molar-refractivity contribution in [3.05, 3.63) is 28.8 Å². The molecule has 1 rings (SSSR count). The van der Waals surface area contributed by atoms with Crippen LogP contribution < -0.4 is 4.74 Å². The van der Waals surface area contributed by atoms with Gasteiger partial charge in [-0.05, 0) is 24.6 Å². The molecule has 5 nitrogen and oxygen atoms in total. The molecule has 0 saturated heterocycles. The smallest absolute Gasteiger partial charge is 0.336 e. The van der Waals surface area contributed by atoms with E-state index in [2.05, 4.69) is 0 Å². The number of ether oxygens (including phenoxy) is 1. The van der Waals surface area contributed by atoms with Crippen molar-refractivity contribution in [2.75, 3.05) is 7.11 Å². The highest BCUT2D eigenvalue weighted by Gasteiger charge is 2.18. The minimum absolute atomic E-state index is 0.235. The molecule has 0 amide bonds. The van der Waals surface area contributed by atoms with E-state index in [1.54, 1.807) is 6.92 Å². The number of carbonyl (C=O) groups is 2. The second kappa shape index (κ2) is 4.00. The highest BCUT2D eigenvalue weighted by molar-refractivity contribution is 6.02. The van der Waals surface area contributed by atoms with E-state index >= 15 is 0 Å². The van der Waals surface area contributed by atoms with Crippen LogP contribution in [0.15, 0.2) is 12.1 Å². The van der Waals surface area contributed by atoms with Gasteiger partial charge >= 0.3 is 11.9 Å². The van der Waals surface area contributed by atoms with Gasteiger partial charge < -0.3 is 14.9 Å². The van der Waals surface area contributed by atoms with E-state index in [4.69, 9.17) is 14.9 Å². The number of hydrogen-bond donors (Lipinski definition) is 2. The normalized spacial score (nSPS) is 9.73. The van der Waals surface area contributed by atoms with Gasteiger partial charge in [0.1, 0.15) is 5.75 Å². The van der Waals surface area contributed by atoms with Gasteiger partial charge in [-0.25, -0.2) is 9.59 Å². The summed E-state index contributed by atoms with van der Waals surface area (Å²) >= 11 is 0. The summed E-state index contributed by atoms with van der Waals surface area (Å²) in [6.45, 7) is 1.65. The van der Waals surface area contributed by atoms with Gasteiger partial charge in [0.15, 0.2) is 0 Å². The van der Waals surface area contributed by atoms with E-state index < -0.39 is 11.9 Å². The lowest BCUT2D eigenvalue weighted by molar-refractivity contribution is 0.0651. The molecule has 0 saturated carbocycles. The van der Waals surface area contributed by atoms with Gasteiger partial charge in [-0.15, -0.1) is 0 Å². The fourth-order valence-corrected chi connectivity index (χ4v) is 1.26. The molecule has 1 aromatic carbocycles. The third-order valence-electron chi connectivity index (χ3n) is 2.00. The molecule has 0 unspecified atom stereocenters. The Bertz CT molecular complexity index is 422. The molecule has 80 valence electrons. The van der Waals surface area contributed by atoms with Gasteiger partial charge in [0.25, 0.3) is 0 Å². The van der Waals surface area contributed by atoms with Crippen molar-refractivity contribution < 1.29 is 24.5 Å². The maximum atomic E-state index is 10.8. The van der Waals surface area contributed by atoms with Crippen molar-refractivity contribution in [3.8, 4) is 5.75 Å². The molecular weight excluding hydrogens is 200 g/mol. The van der Waals surface area contributed by atoms with Gasteiger partial charge in [0.05, 0.1) is 18.2 Å². The van der Waals surface area contributed by atoms with E-state index in [1.165, 1.54) is 19.2 Å². The zero-order valence-corrected chi connectivity index (χ0v) is 8.27. The second-order valence-corrected chi connectivity index (χ2v) is 2.98. The van der Waals surface area contributed by atoms with Crippen molar-refractivity contribution in [1.82, 2.24) is 0 Å². The van der Waals surface area contributed by atoms with Crippen LogP contribution in [0.25, 0.3) is 0 Å². The lowest BCUT2D eigenvalue weighted by Gasteiger charge is -2.08. The maximum Gasteiger partial charge on any atom is 0.336 e. The number of carboxylic acids is 2. The molecule has 0 atom stereocenters. The van der Waals surface area contributed by atoms with Crippen LogP contribution >= 0.6 is 0 Å². The summed E-state index contributed by atoms with van der Waals surface area (Å²) < 4.78 is 4.91. The van der Waals surface area contributed by atoms with Gasteiger partial charge in [-0.1, -0.05) is 0 Å². The van der Waals surface area contributed by atoms with E-state index in [0.29, 0.717) is 11.3 Å². The Morgan fingerprint density at radius 3 is 2.00 bits per heavy atom. The number of hydrogen-bond acceptors (Lipinski definition) is 3. The standard InChI is InChI=1S/C10H10O5/c1-5-3-6(9(11)12)7(10(13)14)4-8(5)15-2/h3-4H,1-2H3,(H,11,12)(H,13,14). The summed E-state index contributed by atoms with van der Waals surface area (Å²) in [5.74, 6) is -2.19. The molecule has 0 aromatic heterocycles. The Hall–Kier alpha value is -2.04. The van der Waals surface area contributed by atoms with E-state index in [0.717, 1.165) is 0 Å². The van der Waals surface area contributed by atoms with Crippen molar-refractivity contribution in [3.63, 3.8) is 0 Å². The third kappa shape index (κ3) is 2.07. The summed E-state index contributed by atoms with van der Waals surface area (Å²) in [6.07, 6.45) is 0. The second-order valence-electron chi connectivity index (χ2n) is 2.98. The summed E-state index contributed by atoms with van der Waals surface area (Å²) in [5.41, 5.74) is 0.0747. The Kier molecular flexibility index (Phi) is 2.94. The van der Waals surface area contributed by atoms with Crippen LogP contribution in [0, 0.1) is 6.92 Å². The SMILES string of the molecule is COc1cc(C(=O)O)c(C(=O)O)cc1C. The van der Waals surface area contributed by atoms with E-state index in [1.807, 2.05) is 0 Å². The molecule has 0 bridgehead atoms. The van der Waals surface area contributed by atoms with Crippen LogP contribution in [0.5, 0.6) is 5.75 Å². The van der Waals surface area contributed by atoms with Crippen LogP contribution in [0.2, 0.25) is 0 Å². The van der Waals surface area contributed by atoms with Crippen LogP contribution in [0.1, 0.15) is 26.3 Å². The van der Waals surface area contributed by atoms with Crippen molar-refractivity contribution in [2.45, 2.75) is 6.92 Å². The molecular formula is C10H10O5. The lowest BCUT2D eigenvalue weighted by Crippen LogP contribution is -2.09. The van der Waals surface area contributed by atoms with Gasteiger partial charge in [-0.2, -0.15) is 0 Å². The number of rotatable bonds is 3. The highest BCUT2D eigenvalue weighted by atomic mass is 16.5. The number of benzene rings is 1. The largest absolute Gasteiger partial charge is 0.496 e. The van der Waals surface area contributed by atoms with Gasteiger partial charge in [0, 0.05) is 0 Å². The first kappa shape index (κ1) is 11.0. The first-order valence-corrected chi connectivity index (χ1v) is 4.12. The number of aromatic carboxylic acids is 2. The minimum Gasteiger partial charge on any atom is -0.496 e. The Labute approximate surface area is 85.9 Å². The molecule has 1 aromatic rings. The fraction of sp³-hybridized carbons (Fsp3) is 0.200. The first-order chi connectivity index (χ1) is 6.97. The Morgan fingerprint density at radius 1 is 1.13 bits per heavy atom. The van der Waals surface area contributed by atoms with Crippen molar-refractivity contribution >= 4 is 11.9 Å². The van der Waals surface area contributed by atoms with Gasteiger partial charge in [-0.3, -0.25) is 0 Å². The monoisotopic (exact) mass is 210 g/mol. The molecule has 2 N–H and O–H groups in total. The molecule has 0 heterocycles. The average Bonchev–Trinajstić information content (AvgIpc) is 2.16. The summed E-state index contributed by atoms with van der Waals surface area (Å²) in [5, 5.41) is 17.6. The predicted octanol–water partition coefficient (Wildman–Crippen LogP) is 1.40. The Morgan fingerprint density at radius 2 is 1.60 bits per heavy atom. The van der Waals surface area contributed by atoms with Crippen molar-refractivity contribution in [1.29, 1.82) is 0 Å². The lowest BCUT2D eigenvalue weighted by atomic mass is 10.0. The molecule has 0 spiro atoms. The van der Waals surface area contributed by atoms with E-state index in [9.17, 15) is 9.59 Å². The topological polar surface area (TPSA) is 83.8 Å². The molecule has 0 radical (unpaired) electrons. The number of aryl methyl sites for hydroxylation is 1. The van der Waals surface area contributed by atoms with Crippen LogP contribution in [0.4, 0.5) is 0 Å². The predicted molar refractivity (Wildman–Crippen MR) is 51.6 cm³/mol. The van der Waals surface area contributed by atoms with Gasteiger partial charge in [0.2, 0.25) is 0 Å². The summed E-state index contributed by atoms with van der Waals surface area (Å²) in [4.78, 5) is 21.6. The third-order valence-corrected chi connectivity index (χ3v) is 2.00. The Balaban J connectivity index is 3.45. The summed E-state index contributed by atoms with van der Waals surface area (Å²) in [7, 11) is 1.40. The molecule has 0 fully saturated rings. The quantitative estimate of drug-likeness (QED) is 0.787. The van der Waals surface area contributed by atoms with Crippen LogP contribution in [-0.2, 0) is 0 Å². The maximum absolute atomic E-state index is 10.8.